The summed E-state index contributed by atoms with van der Waals surface area (Å²) < 4.78 is 0. The Morgan fingerprint density at radius 2 is 1.78 bits per heavy atom. The van der Waals surface area contributed by atoms with Crippen LogP contribution in [-0.2, 0) is 12.8 Å². The molecule has 3 heteroatoms. The van der Waals surface area contributed by atoms with Gasteiger partial charge in [0.1, 0.15) is 5.82 Å². The molecule has 0 spiro atoms. The van der Waals surface area contributed by atoms with Crippen molar-refractivity contribution in [3.63, 3.8) is 0 Å². The fraction of sp³-hybridized carbons (Fsp3) is 0.333. The van der Waals surface area contributed by atoms with Crippen LogP contribution in [-0.4, -0.2) is 35.5 Å². The van der Waals surface area contributed by atoms with E-state index in [0.29, 0.717) is 5.92 Å². The van der Waals surface area contributed by atoms with Crippen molar-refractivity contribution in [2.75, 3.05) is 20.6 Å². The molecule has 1 atom stereocenters. The van der Waals surface area contributed by atoms with Gasteiger partial charge in [0, 0.05) is 12.6 Å². The van der Waals surface area contributed by atoms with Gasteiger partial charge in [-0.25, -0.2) is 9.97 Å². The zero-order chi connectivity index (χ0) is 25.3. The van der Waals surface area contributed by atoms with Gasteiger partial charge in [0.2, 0.25) is 0 Å². The topological polar surface area (TPSA) is 29.0 Å². The van der Waals surface area contributed by atoms with Gasteiger partial charge in [-0.15, -0.1) is 0 Å². The summed E-state index contributed by atoms with van der Waals surface area (Å²) in [5.41, 5.74) is 8.84. The zero-order valence-electron chi connectivity index (χ0n) is 22.1. The maximum atomic E-state index is 4.93. The number of aromatic nitrogens is 2. The second-order valence-electron chi connectivity index (χ2n) is 10.3. The molecule has 2 aromatic carbocycles. The highest BCUT2D eigenvalue weighted by Gasteiger charge is 2.17. The molecule has 0 radical (unpaired) electrons. The first-order valence-corrected chi connectivity index (χ1v) is 13.2. The molecule has 0 aliphatic heterocycles. The molecule has 0 fully saturated rings. The van der Waals surface area contributed by atoms with Crippen LogP contribution in [0.5, 0.6) is 0 Å². The molecule has 186 valence electrons. The lowest BCUT2D eigenvalue weighted by atomic mass is 9.90. The van der Waals surface area contributed by atoms with Crippen LogP contribution in [0.4, 0.5) is 0 Å². The van der Waals surface area contributed by atoms with Crippen molar-refractivity contribution < 1.29 is 0 Å². The molecule has 3 aromatic rings. The fourth-order valence-electron chi connectivity index (χ4n) is 4.84. The van der Waals surface area contributed by atoms with Gasteiger partial charge in [-0.2, -0.15) is 0 Å². The minimum absolute atomic E-state index is 0.457. The fourth-order valence-corrected chi connectivity index (χ4v) is 4.84. The Bertz CT molecular complexity index is 1220. The van der Waals surface area contributed by atoms with Gasteiger partial charge in [0.05, 0.1) is 5.69 Å². The van der Waals surface area contributed by atoms with E-state index >= 15 is 0 Å². The third-order valence-corrected chi connectivity index (χ3v) is 6.95. The largest absolute Gasteiger partial charge is 0.309 e. The lowest BCUT2D eigenvalue weighted by Gasteiger charge is -2.15. The van der Waals surface area contributed by atoms with Crippen molar-refractivity contribution in [3.8, 4) is 0 Å². The van der Waals surface area contributed by atoms with Crippen LogP contribution < -0.4 is 0 Å². The van der Waals surface area contributed by atoms with Crippen LogP contribution in [0.25, 0.3) is 5.57 Å². The standard InChI is InChI=1S/C33H39N3/c1-25(29-14-6-5-7-15-29)21-26(2)30-16-17-31(24-30)32-18-19-34-33(35-32)23-28-13-10-12-27(22-28)11-8-9-20-36(3)4/h5-7,10,12-19,22,25H,2,8-9,11,20-21,23-24H2,1,3-4H3/t25-/m0/s1. The maximum Gasteiger partial charge on any atom is 0.133 e. The molecule has 0 unspecified atom stereocenters. The van der Waals surface area contributed by atoms with E-state index < -0.39 is 0 Å². The average molecular weight is 478 g/mol. The second kappa shape index (κ2) is 12.6. The van der Waals surface area contributed by atoms with Crippen LogP contribution in [0, 0.1) is 0 Å². The zero-order valence-corrected chi connectivity index (χ0v) is 22.1. The number of nitrogens with zero attached hydrogens (tertiary/aromatic N) is 3. The number of hydrogen-bond donors (Lipinski definition) is 0. The summed E-state index contributed by atoms with van der Waals surface area (Å²) in [7, 11) is 4.27. The molecule has 3 nitrogen and oxygen atoms in total. The highest BCUT2D eigenvalue weighted by atomic mass is 15.0. The first-order chi connectivity index (χ1) is 17.5. The van der Waals surface area contributed by atoms with Gasteiger partial charge >= 0.3 is 0 Å². The summed E-state index contributed by atoms with van der Waals surface area (Å²) in [4.78, 5) is 11.8. The molecule has 0 bridgehead atoms. The molecule has 1 heterocycles. The van der Waals surface area contributed by atoms with Crippen molar-refractivity contribution in [3.05, 3.63) is 125 Å². The Morgan fingerprint density at radius 1 is 0.972 bits per heavy atom. The number of rotatable bonds is 12. The van der Waals surface area contributed by atoms with Crippen LogP contribution in [0.1, 0.15) is 66.7 Å². The van der Waals surface area contributed by atoms with Crippen molar-refractivity contribution in [1.82, 2.24) is 14.9 Å². The third kappa shape index (κ3) is 7.35. The van der Waals surface area contributed by atoms with Crippen molar-refractivity contribution in [2.45, 2.75) is 51.4 Å². The number of benzene rings is 2. The van der Waals surface area contributed by atoms with Crippen molar-refractivity contribution >= 4 is 5.57 Å². The monoisotopic (exact) mass is 477 g/mol. The summed E-state index contributed by atoms with van der Waals surface area (Å²) in [6.45, 7) is 7.83. The Hall–Kier alpha value is -3.30. The second-order valence-corrected chi connectivity index (χ2v) is 10.3. The van der Waals surface area contributed by atoms with Gasteiger partial charge < -0.3 is 4.90 Å². The predicted molar refractivity (Wildman–Crippen MR) is 152 cm³/mol. The predicted octanol–water partition coefficient (Wildman–Crippen LogP) is 7.42. The van der Waals surface area contributed by atoms with E-state index in [4.69, 9.17) is 4.98 Å². The van der Waals surface area contributed by atoms with Gasteiger partial charge in [0.25, 0.3) is 0 Å². The van der Waals surface area contributed by atoms with Crippen LogP contribution in [0.2, 0.25) is 0 Å². The van der Waals surface area contributed by atoms with Crippen molar-refractivity contribution in [1.29, 1.82) is 0 Å². The molecule has 0 N–H and O–H groups in total. The molecule has 0 amide bonds. The van der Waals surface area contributed by atoms with E-state index in [1.807, 2.05) is 12.3 Å². The Kier molecular flexibility index (Phi) is 9.02. The summed E-state index contributed by atoms with van der Waals surface area (Å²) in [5.74, 6) is 1.33. The molecule has 1 aromatic heterocycles. The van der Waals surface area contributed by atoms with E-state index in [2.05, 4.69) is 104 Å². The summed E-state index contributed by atoms with van der Waals surface area (Å²) in [5, 5.41) is 0. The summed E-state index contributed by atoms with van der Waals surface area (Å²) >= 11 is 0. The molecule has 1 aliphatic carbocycles. The Balaban J connectivity index is 1.33. The van der Waals surface area contributed by atoms with Crippen LogP contribution in [0.3, 0.4) is 0 Å². The number of aryl methyl sites for hydroxylation is 1. The molecule has 0 saturated carbocycles. The van der Waals surface area contributed by atoms with Crippen LogP contribution >= 0.6 is 0 Å². The Morgan fingerprint density at radius 3 is 2.58 bits per heavy atom. The Labute approximate surface area is 217 Å². The van der Waals surface area contributed by atoms with E-state index in [1.165, 1.54) is 46.3 Å². The number of unbranched alkanes of at least 4 members (excludes halogenated alkanes) is 1. The highest BCUT2D eigenvalue weighted by Crippen LogP contribution is 2.34. The lowest BCUT2D eigenvalue weighted by Crippen LogP contribution is -2.12. The van der Waals surface area contributed by atoms with Gasteiger partial charge in [-0.3, -0.25) is 0 Å². The molecular formula is C33H39N3. The SMILES string of the molecule is C=C(C[C@H](C)c1ccccc1)C1=CC=C(c2ccnc(Cc3cccc(CCCCN(C)C)c3)n2)C1. The number of hydrogen-bond acceptors (Lipinski definition) is 3. The molecule has 0 saturated heterocycles. The van der Waals surface area contributed by atoms with E-state index in [1.54, 1.807) is 0 Å². The quantitative estimate of drug-likeness (QED) is 0.254. The van der Waals surface area contributed by atoms with E-state index in [0.717, 1.165) is 43.7 Å². The highest BCUT2D eigenvalue weighted by molar-refractivity contribution is 5.72. The molecule has 1 aliphatic rings. The minimum Gasteiger partial charge on any atom is -0.309 e. The van der Waals surface area contributed by atoms with Crippen LogP contribution in [0.15, 0.2) is 96.7 Å². The van der Waals surface area contributed by atoms with Gasteiger partial charge in [-0.05, 0) is 92.6 Å². The third-order valence-electron chi connectivity index (χ3n) is 6.95. The number of allylic oxidation sites excluding steroid dienone is 5. The first-order valence-electron chi connectivity index (χ1n) is 13.2. The van der Waals surface area contributed by atoms with Gasteiger partial charge in [0.15, 0.2) is 0 Å². The minimum atomic E-state index is 0.457. The maximum absolute atomic E-state index is 4.93. The molecular weight excluding hydrogens is 438 g/mol. The lowest BCUT2D eigenvalue weighted by molar-refractivity contribution is 0.394. The summed E-state index contributed by atoms with van der Waals surface area (Å²) in [6.07, 6.45) is 12.5. The average Bonchev–Trinajstić information content (AvgIpc) is 3.38. The molecule has 4 rings (SSSR count). The smallest absolute Gasteiger partial charge is 0.133 e. The van der Waals surface area contributed by atoms with E-state index in [9.17, 15) is 0 Å². The first kappa shape index (κ1) is 25.8. The normalized spacial score (nSPS) is 14.0. The molecule has 36 heavy (non-hydrogen) atoms. The van der Waals surface area contributed by atoms with E-state index in [-0.39, 0.29) is 0 Å². The van der Waals surface area contributed by atoms with Gasteiger partial charge in [-0.1, -0.05) is 85.8 Å². The summed E-state index contributed by atoms with van der Waals surface area (Å²) in [6, 6.07) is 21.6. The van der Waals surface area contributed by atoms with Crippen molar-refractivity contribution in [2.24, 2.45) is 0 Å².